The highest BCUT2D eigenvalue weighted by atomic mass is 16.3. The Morgan fingerprint density at radius 3 is 2.85 bits per heavy atom. The number of para-hydroxylation sites is 1. The molecule has 5 rings (SSSR count). The van der Waals surface area contributed by atoms with Crippen molar-refractivity contribution in [2.24, 2.45) is 5.92 Å². The predicted octanol–water partition coefficient (Wildman–Crippen LogP) is 2.92. The summed E-state index contributed by atoms with van der Waals surface area (Å²) < 4.78 is 2.12. The first-order valence-corrected chi connectivity index (χ1v) is 9.42. The lowest BCUT2D eigenvalue weighted by Crippen LogP contribution is -2.22. The van der Waals surface area contributed by atoms with E-state index < -0.39 is 0 Å². The zero-order valence-electron chi connectivity index (χ0n) is 15.1. The Morgan fingerprint density at radius 1 is 1.00 bits per heavy atom. The maximum Gasteiger partial charge on any atom is 0.136 e. The highest BCUT2D eigenvalue weighted by molar-refractivity contribution is 5.81. The van der Waals surface area contributed by atoms with E-state index in [0.717, 1.165) is 36.4 Å². The summed E-state index contributed by atoms with van der Waals surface area (Å²) >= 11 is 0. The first-order chi connectivity index (χ1) is 13.3. The fourth-order valence-corrected chi connectivity index (χ4v) is 4.22. The number of aliphatic hydroxyl groups excluding tert-OH is 1. The van der Waals surface area contributed by atoms with Crippen molar-refractivity contribution in [1.82, 2.24) is 19.3 Å². The molecule has 3 aromatic heterocycles. The number of aliphatic hydroxyl groups is 1. The fraction of sp³-hybridized carbons (Fsp3) is 0.273. The third-order valence-electron chi connectivity index (χ3n) is 5.58. The third-order valence-corrected chi connectivity index (χ3v) is 5.58. The molecule has 2 atom stereocenters. The molecule has 1 fully saturated rings. The second kappa shape index (κ2) is 6.76. The van der Waals surface area contributed by atoms with Crippen LogP contribution in [0.1, 0.15) is 11.3 Å². The van der Waals surface area contributed by atoms with E-state index in [-0.39, 0.29) is 12.0 Å². The number of fused-ring (bicyclic) bond motifs is 2. The van der Waals surface area contributed by atoms with Crippen LogP contribution in [0.3, 0.4) is 0 Å². The molecule has 0 saturated carbocycles. The number of nitrogens with zero attached hydrogens (tertiary/aromatic N) is 4. The molecule has 0 amide bonds. The van der Waals surface area contributed by atoms with Crippen LogP contribution in [0.15, 0.2) is 67.1 Å². The molecular weight excluding hydrogens is 336 g/mol. The molecule has 1 aromatic carbocycles. The summed E-state index contributed by atoms with van der Waals surface area (Å²) in [5.74, 6) is 0.231. The van der Waals surface area contributed by atoms with Gasteiger partial charge in [-0.3, -0.25) is 9.88 Å². The number of benzene rings is 1. The molecule has 136 valence electrons. The molecule has 0 unspecified atom stereocenters. The lowest BCUT2D eigenvalue weighted by molar-refractivity contribution is 0.141. The van der Waals surface area contributed by atoms with Crippen LogP contribution >= 0.6 is 0 Å². The molecule has 1 N–H and O–H groups in total. The summed E-state index contributed by atoms with van der Waals surface area (Å²) in [6.45, 7) is 2.39. The lowest BCUT2D eigenvalue weighted by atomic mass is 9.94. The highest BCUT2D eigenvalue weighted by Crippen LogP contribution is 2.26. The summed E-state index contributed by atoms with van der Waals surface area (Å²) in [7, 11) is 0. The van der Waals surface area contributed by atoms with Gasteiger partial charge in [-0.2, -0.15) is 0 Å². The number of rotatable bonds is 4. The van der Waals surface area contributed by atoms with Crippen molar-refractivity contribution in [3.8, 4) is 0 Å². The van der Waals surface area contributed by atoms with Gasteiger partial charge in [0.25, 0.3) is 0 Å². The molecule has 5 nitrogen and oxygen atoms in total. The topological polar surface area (TPSA) is 53.7 Å². The number of hydrogen-bond donors (Lipinski definition) is 1. The first-order valence-electron chi connectivity index (χ1n) is 9.42. The number of β-amino-alcohol motifs (C(OH)–C–C–N with tert-alkyl or cyclic N) is 1. The molecule has 1 aliphatic rings. The Morgan fingerprint density at radius 2 is 1.89 bits per heavy atom. The van der Waals surface area contributed by atoms with Crippen LogP contribution in [0.5, 0.6) is 0 Å². The quantitative estimate of drug-likeness (QED) is 0.609. The molecule has 4 heterocycles. The van der Waals surface area contributed by atoms with Crippen LogP contribution < -0.4 is 0 Å². The maximum atomic E-state index is 10.7. The van der Waals surface area contributed by atoms with E-state index in [0.29, 0.717) is 6.54 Å². The first kappa shape index (κ1) is 16.4. The SMILES string of the molecule is O[C@H]1CN(Cc2cnc3ccccn23)C[C@H]1Cc1ccnc2ccccc12. The molecule has 4 aromatic rings. The van der Waals surface area contributed by atoms with Crippen molar-refractivity contribution in [2.75, 3.05) is 13.1 Å². The van der Waals surface area contributed by atoms with E-state index in [9.17, 15) is 5.11 Å². The Kier molecular flexibility index (Phi) is 4.11. The molecule has 0 bridgehead atoms. The second-order valence-corrected chi connectivity index (χ2v) is 7.39. The average molecular weight is 358 g/mol. The van der Waals surface area contributed by atoms with Crippen LogP contribution in [-0.4, -0.2) is 43.6 Å². The Labute approximate surface area is 157 Å². The van der Waals surface area contributed by atoms with Gasteiger partial charge in [0.05, 0.1) is 23.5 Å². The largest absolute Gasteiger partial charge is 0.391 e. The molecule has 0 spiro atoms. The Bertz CT molecular complexity index is 1080. The van der Waals surface area contributed by atoms with Crippen molar-refractivity contribution in [3.63, 3.8) is 0 Å². The maximum absolute atomic E-state index is 10.7. The van der Waals surface area contributed by atoms with Gasteiger partial charge in [-0.15, -0.1) is 0 Å². The minimum atomic E-state index is -0.309. The third kappa shape index (κ3) is 3.09. The summed E-state index contributed by atoms with van der Waals surface area (Å²) in [5, 5.41) is 11.8. The van der Waals surface area contributed by atoms with Crippen LogP contribution in [0.25, 0.3) is 16.6 Å². The second-order valence-electron chi connectivity index (χ2n) is 7.39. The number of imidazole rings is 1. The van der Waals surface area contributed by atoms with E-state index in [1.807, 2.05) is 48.9 Å². The van der Waals surface area contributed by atoms with Crippen molar-refractivity contribution in [2.45, 2.75) is 19.1 Å². The smallest absolute Gasteiger partial charge is 0.136 e. The fourth-order valence-electron chi connectivity index (χ4n) is 4.22. The minimum Gasteiger partial charge on any atom is -0.391 e. The summed E-state index contributed by atoms with van der Waals surface area (Å²) in [5.41, 5.74) is 4.41. The molecule has 27 heavy (non-hydrogen) atoms. The van der Waals surface area contributed by atoms with Crippen LogP contribution in [-0.2, 0) is 13.0 Å². The van der Waals surface area contributed by atoms with Crippen molar-refractivity contribution in [1.29, 1.82) is 0 Å². The number of pyridine rings is 2. The van der Waals surface area contributed by atoms with Gasteiger partial charge in [-0.05, 0) is 36.2 Å². The van der Waals surface area contributed by atoms with E-state index in [2.05, 4.69) is 37.5 Å². The molecule has 1 saturated heterocycles. The van der Waals surface area contributed by atoms with Gasteiger partial charge in [-0.25, -0.2) is 4.98 Å². The van der Waals surface area contributed by atoms with E-state index in [1.165, 1.54) is 10.9 Å². The zero-order chi connectivity index (χ0) is 18.2. The van der Waals surface area contributed by atoms with Gasteiger partial charge in [-0.1, -0.05) is 24.3 Å². The zero-order valence-corrected chi connectivity index (χ0v) is 15.1. The van der Waals surface area contributed by atoms with Crippen molar-refractivity contribution in [3.05, 3.63) is 78.4 Å². The molecule has 0 radical (unpaired) electrons. The predicted molar refractivity (Wildman–Crippen MR) is 105 cm³/mol. The minimum absolute atomic E-state index is 0.231. The molecule has 5 heteroatoms. The number of hydrogen-bond acceptors (Lipinski definition) is 4. The van der Waals surface area contributed by atoms with Gasteiger partial charge in [0.2, 0.25) is 0 Å². The molecule has 0 aliphatic carbocycles. The van der Waals surface area contributed by atoms with Crippen molar-refractivity contribution >= 4 is 16.6 Å². The lowest BCUT2D eigenvalue weighted by Gasteiger charge is -2.16. The molecular formula is C22H22N4O. The van der Waals surface area contributed by atoms with Gasteiger partial charge in [0, 0.05) is 43.3 Å². The average Bonchev–Trinajstić information content (AvgIpc) is 3.26. The van der Waals surface area contributed by atoms with Crippen LogP contribution in [0.4, 0.5) is 0 Å². The monoisotopic (exact) mass is 358 g/mol. The van der Waals surface area contributed by atoms with Gasteiger partial charge in [0.1, 0.15) is 5.65 Å². The van der Waals surface area contributed by atoms with E-state index in [1.54, 1.807) is 0 Å². The summed E-state index contributed by atoms with van der Waals surface area (Å²) in [6.07, 6.45) is 6.41. The van der Waals surface area contributed by atoms with E-state index >= 15 is 0 Å². The standard InChI is InChI=1S/C22H22N4O/c27-21-15-25(14-18-12-24-22-7-3-4-10-26(18)22)13-17(21)11-16-8-9-23-20-6-2-1-5-19(16)20/h1-10,12,17,21,27H,11,13-15H2/t17-,21+/m1/s1. The number of likely N-dealkylation sites (tertiary alicyclic amines) is 1. The highest BCUT2D eigenvalue weighted by Gasteiger charge is 2.32. The van der Waals surface area contributed by atoms with Gasteiger partial charge in [0.15, 0.2) is 0 Å². The van der Waals surface area contributed by atoms with Crippen molar-refractivity contribution < 1.29 is 5.11 Å². The van der Waals surface area contributed by atoms with E-state index in [4.69, 9.17) is 0 Å². The number of aromatic nitrogens is 3. The summed E-state index contributed by atoms with van der Waals surface area (Å²) in [6, 6.07) is 16.4. The van der Waals surface area contributed by atoms with Gasteiger partial charge >= 0.3 is 0 Å². The van der Waals surface area contributed by atoms with Crippen LogP contribution in [0.2, 0.25) is 0 Å². The molecule has 1 aliphatic heterocycles. The van der Waals surface area contributed by atoms with Crippen LogP contribution in [0, 0.1) is 5.92 Å². The van der Waals surface area contributed by atoms with Gasteiger partial charge < -0.3 is 9.51 Å². The Balaban J connectivity index is 1.34. The normalized spacial score (nSPS) is 20.6. The summed E-state index contributed by atoms with van der Waals surface area (Å²) in [4.78, 5) is 11.2. The Hall–Kier alpha value is -2.76.